The number of amides is 1. The fourth-order valence-corrected chi connectivity index (χ4v) is 3.51. The second-order valence-electron chi connectivity index (χ2n) is 6.52. The minimum atomic E-state index is -0.0147. The van der Waals surface area contributed by atoms with Crippen LogP contribution in [0, 0.1) is 5.92 Å². The van der Waals surface area contributed by atoms with Crippen LogP contribution in [0.4, 0.5) is 0 Å². The molecule has 0 radical (unpaired) electrons. The predicted molar refractivity (Wildman–Crippen MR) is 95.3 cm³/mol. The standard InChI is InChI=1S/C17H24N4O3S/c1-12(2)10-21-16(14-6-4-8-24-14)19-20-17(21)25-11-15(22)18-9-13-5-3-7-23-13/h4,6,8,12-13H,3,5,7,9-11H2,1-2H3,(H,18,22)/t13-/m1/s1. The zero-order valence-electron chi connectivity index (χ0n) is 14.6. The van der Waals surface area contributed by atoms with Crippen LogP contribution >= 0.6 is 11.8 Å². The monoisotopic (exact) mass is 364 g/mol. The Kier molecular flexibility index (Phi) is 6.14. The van der Waals surface area contributed by atoms with Crippen molar-refractivity contribution >= 4 is 17.7 Å². The molecule has 0 saturated carbocycles. The largest absolute Gasteiger partial charge is 0.461 e. The molecule has 2 aromatic rings. The number of carbonyl (C=O) groups excluding carboxylic acids is 1. The highest BCUT2D eigenvalue weighted by Gasteiger charge is 2.19. The minimum absolute atomic E-state index is 0.0147. The lowest BCUT2D eigenvalue weighted by atomic mass is 10.2. The van der Waals surface area contributed by atoms with Crippen molar-refractivity contribution in [2.75, 3.05) is 18.9 Å². The number of nitrogens with zero attached hydrogens (tertiary/aromatic N) is 3. The summed E-state index contributed by atoms with van der Waals surface area (Å²) in [6.45, 7) is 6.41. The molecule has 1 N–H and O–H groups in total. The maximum absolute atomic E-state index is 12.1. The highest BCUT2D eigenvalue weighted by molar-refractivity contribution is 7.99. The number of carbonyl (C=O) groups is 1. The zero-order valence-corrected chi connectivity index (χ0v) is 15.4. The Hall–Kier alpha value is -1.80. The molecule has 0 spiro atoms. The van der Waals surface area contributed by atoms with E-state index in [1.54, 1.807) is 6.26 Å². The SMILES string of the molecule is CC(C)Cn1c(SCC(=O)NC[C@H]2CCCO2)nnc1-c1ccco1. The van der Waals surface area contributed by atoms with E-state index in [0.29, 0.717) is 29.8 Å². The molecule has 136 valence electrons. The lowest BCUT2D eigenvalue weighted by molar-refractivity contribution is -0.119. The van der Waals surface area contributed by atoms with Gasteiger partial charge in [0.15, 0.2) is 16.7 Å². The summed E-state index contributed by atoms with van der Waals surface area (Å²) in [5.74, 6) is 2.10. The number of aromatic nitrogens is 3. The molecule has 1 amide bonds. The van der Waals surface area contributed by atoms with Crippen LogP contribution in [0.1, 0.15) is 26.7 Å². The van der Waals surface area contributed by atoms with Crippen LogP contribution < -0.4 is 5.32 Å². The number of thioether (sulfide) groups is 1. The number of rotatable bonds is 8. The van der Waals surface area contributed by atoms with Gasteiger partial charge in [0.05, 0.1) is 18.1 Å². The Morgan fingerprint density at radius 3 is 3.04 bits per heavy atom. The minimum Gasteiger partial charge on any atom is -0.461 e. The first-order valence-electron chi connectivity index (χ1n) is 8.61. The van der Waals surface area contributed by atoms with Crippen LogP contribution in [-0.2, 0) is 16.1 Å². The molecule has 1 saturated heterocycles. The van der Waals surface area contributed by atoms with Crippen LogP contribution in [0.3, 0.4) is 0 Å². The Bertz CT molecular complexity index is 678. The fraction of sp³-hybridized carbons (Fsp3) is 0.588. The molecule has 0 aromatic carbocycles. The van der Waals surface area contributed by atoms with Crippen molar-refractivity contribution in [1.82, 2.24) is 20.1 Å². The normalized spacial score (nSPS) is 17.3. The Morgan fingerprint density at radius 2 is 2.36 bits per heavy atom. The lowest BCUT2D eigenvalue weighted by Gasteiger charge is -2.12. The number of ether oxygens (including phenoxy) is 1. The molecule has 0 bridgehead atoms. The van der Waals surface area contributed by atoms with Gasteiger partial charge < -0.3 is 14.5 Å². The summed E-state index contributed by atoms with van der Waals surface area (Å²) < 4.78 is 13.0. The van der Waals surface area contributed by atoms with E-state index in [-0.39, 0.29) is 12.0 Å². The molecule has 0 unspecified atom stereocenters. The van der Waals surface area contributed by atoms with Crippen molar-refractivity contribution in [2.45, 2.75) is 44.5 Å². The summed E-state index contributed by atoms with van der Waals surface area (Å²) in [7, 11) is 0. The second kappa shape index (κ2) is 8.53. The zero-order chi connectivity index (χ0) is 17.6. The van der Waals surface area contributed by atoms with Crippen molar-refractivity contribution < 1.29 is 13.9 Å². The van der Waals surface area contributed by atoms with E-state index in [1.807, 2.05) is 16.7 Å². The maximum atomic E-state index is 12.1. The predicted octanol–water partition coefficient (Wildman–Crippen LogP) is 2.58. The van der Waals surface area contributed by atoms with Gasteiger partial charge in [-0.25, -0.2) is 0 Å². The number of furan rings is 1. The molecule has 2 aromatic heterocycles. The molecule has 0 aliphatic carbocycles. The molecule has 25 heavy (non-hydrogen) atoms. The van der Waals surface area contributed by atoms with E-state index in [4.69, 9.17) is 9.15 Å². The van der Waals surface area contributed by atoms with E-state index in [2.05, 4.69) is 29.4 Å². The third-order valence-electron chi connectivity index (χ3n) is 3.89. The van der Waals surface area contributed by atoms with Gasteiger partial charge in [0, 0.05) is 19.7 Å². The Morgan fingerprint density at radius 1 is 1.48 bits per heavy atom. The first-order chi connectivity index (χ1) is 12.1. The van der Waals surface area contributed by atoms with E-state index in [0.717, 1.165) is 31.1 Å². The average Bonchev–Trinajstić information content (AvgIpc) is 3.32. The third-order valence-corrected chi connectivity index (χ3v) is 4.86. The first-order valence-corrected chi connectivity index (χ1v) is 9.60. The average molecular weight is 364 g/mol. The molecular weight excluding hydrogens is 340 g/mol. The lowest BCUT2D eigenvalue weighted by Crippen LogP contribution is -2.33. The molecule has 7 nitrogen and oxygen atoms in total. The number of hydrogen-bond donors (Lipinski definition) is 1. The smallest absolute Gasteiger partial charge is 0.230 e. The quantitative estimate of drug-likeness (QED) is 0.725. The van der Waals surface area contributed by atoms with Crippen LogP contribution in [0.2, 0.25) is 0 Å². The van der Waals surface area contributed by atoms with Crippen molar-refractivity contribution in [3.63, 3.8) is 0 Å². The second-order valence-corrected chi connectivity index (χ2v) is 7.46. The first kappa shape index (κ1) is 18.0. The van der Waals surface area contributed by atoms with Crippen LogP contribution in [-0.4, -0.2) is 45.7 Å². The third kappa shape index (κ3) is 4.85. The highest BCUT2D eigenvalue weighted by atomic mass is 32.2. The van der Waals surface area contributed by atoms with Gasteiger partial charge in [0.1, 0.15) is 0 Å². The molecule has 8 heteroatoms. The number of hydrogen-bond acceptors (Lipinski definition) is 6. The van der Waals surface area contributed by atoms with Crippen molar-refractivity contribution in [1.29, 1.82) is 0 Å². The van der Waals surface area contributed by atoms with E-state index in [1.165, 1.54) is 11.8 Å². The van der Waals surface area contributed by atoms with Gasteiger partial charge in [-0.3, -0.25) is 9.36 Å². The summed E-state index contributed by atoms with van der Waals surface area (Å²) in [6, 6.07) is 3.69. The summed E-state index contributed by atoms with van der Waals surface area (Å²) in [6.07, 6.45) is 3.87. The van der Waals surface area contributed by atoms with Crippen LogP contribution in [0.5, 0.6) is 0 Å². The van der Waals surface area contributed by atoms with Gasteiger partial charge >= 0.3 is 0 Å². The maximum Gasteiger partial charge on any atom is 0.230 e. The van der Waals surface area contributed by atoms with Gasteiger partial charge in [-0.05, 0) is 30.9 Å². The molecule has 3 rings (SSSR count). The fourth-order valence-electron chi connectivity index (χ4n) is 2.73. The van der Waals surface area contributed by atoms with Crippen molar-refractivity contribution in [3.8, 4) is 11.6 Å². The van der Waals surface area contributed by atoms with Gasteiger partial charge in [0.25, 0.3) is 0 Å². The summed E-state index contributed by atoms with van der Waals surface area (Å²) in [4.78, 5) is 12.1. The van der Waals surface area contributed by atoms with Gasteiger partial charge in [-0.2, -0.15) is 0 Å². The highest BCUT2D eigenvalue weighted by Crippen LogP contribution is 2.25. The summed E-state index contributed by atoms with van der Waals surface area (Å²) in [5, 5.41) is 12.1. The Balaban J connectivity index is 1.60. The molecule has 1 aliphatic rings. The van der Waals surface area contributed by atoms with Gasteiger partial charge in [0.2, 0.25) is 5.91 Å². The summed E-state index contributed by atoms with van der Waals surface area (Å²) >= 11 is 1.39. The topological polar surface area (TPSA) is 82.2 Å². The molecule has 1 fully saturated rings. The number of nitrogens with one attached hydrogen (secondary N) is 1. The van der Waals surface area contributed by atoms with Crippen molar-refractivity contribution in [3.05, 3.63) is 18.4 Å². The Labute approximate surface area is 151 Å². The van der Waals surface area contributed by atoms with Crippen molar-refractivity contribution in [2.24, 2.45) is 5.92 Å². The van der Waals surface area contributed by atoms with E-state index < -0.39 is 0 Å². The molecule has 3 heterocycles. The van der Waals surface area contributed by atoms with E-state index >= 15 is 0 Å². The van der Waals surface area contributed by atoms with Crippen LogP contribution in [0.25, 0.3) is 11.6 Å². The molecule has 1 atom stereocenters. The van der Waals surface area contributed by atoms with Gasteiger partial charge in [-0.1, -0.05) is 25.6 Å². The molecule has 1 aliphatic heterocycles. The molecular formula is C17H24N4O3S. The van der Waals surface area contributed by atoms with Crippen LogP contribution in [0.15, 0.2) is 28.0 Å². The summed E-state index contributed by atoms with van der Waals surface area (Å²) in [5.41, 5.74) is 0. The van der Waals surface area contributed by atoms with Gasteiger partial charge in [-0.15, -0.1) is 10.2 Å². The van der Waals surface area contributed by atoms with E-state index in [9.17, 15) is 4.79 Å².